The first-order valence-corrected chi connectivity index (χ1v) is 7.30. The Morgan fingerprint density at radius 3 is 2.70 bits per heavy atom. The summed E-state index contributed by atoms with van der Waals surface area (Å²) >= 11 is 0. The molecule has 2 N–H and O–H groups in total. The Morgan fingerprint density at radius 1 is 1.25 bits per heavy atom. The van der Waals surface area contributed by atoms with Gasteiger partial charge in [-0.3, -0.25) is 0 Å². The first-order valence-electron chi connectivity index (χ1n) is 7.30. The SMILES string of the molecule is CC1=CC=CC(CCCN)C1(C)C#Cc1ccccc1. The van der Waals surface area contributed by atoms with E-state index < -0.39 is 0 Å². The van der Waals surface area contributed by atoms with Gasteiger partial charge in [-0.1, -0.05) is 53.8 Å². The highest BCUT2D eigenvalue weighted by molar-refractivity contribution is 5.41. The Hall–Kier alpha value is -1.78. The van der Waals surface area contributed by atoms with Gasteiger partial charge in [0.15, 0.2) is 0 Å². The van der Waals surface area contributed by atoms with Crippen LogP contribution in [-0.2, 0) is 0 Å². The van der Waals surface area contributed by atoms with Crippen molar-refractivity contribution < 1.29 is 0 Å². The average molecular weight is 265 g/mol. The van der Waals surface area contributed by atoms with Gasteiger partial charge < -0.3 is 5.73 Å². The molecule has 0 fully saturated rings. The summed E-state index contributed by atoms with van der Waals surface area (Å²) in [7, 11) is 0. The Labute approximate surface area is 122 Å². The monoisotopic (exact) mass is 265 g/mol. The fourth-order valence-electron chi connectivity index (χ4n) is 2.63. The first kappa shape index (κ1) is 14.6. The van der Waals surface area contributed by atoms with Crippen molar-refractivity contribution >= 4 is 0 Å². The molecule has 104 valence electrons. The molecule has 20 heavy (non-hydrogen) atoms. The third-order valence-corrected chi connectivity index (χ3v) is 4.21. The van der Waals surface area contributed by atoms with E-state index in [1.807, 2.05) is 18.2 Å². The maximum Gasteiger partial charge on any atom is 0.0561 e. The highest BCUT2D eigenvalue weighted by Gasteiger charge is 2.33. The lowest BCUT2D eigenvalue weighted by Crippen LogP contribution is -2.28. The van der Waals surface area contributed by atoms with Crippen molar-refractivity contribution in [2.45, 2.75) is 26.7 Å². The number of hydrogen-bond donors (Lipinski definition) is 1. The summed E-state index contributed by atoms with van der Waals surface area (Å²) in [5.74, 6) is 7.30. The van der Waals surface area contributed by atoms with Gasteiger partial charge in [0, 0.05) is 5.56 Å². The molecule has 2 rings (SSSR count). The van der Waals surface area contributed by atoms with Crippen LogP contribution in [0.15, 0.2) is 54.1 Å². The molecule has 0 aliphatic heterocycles. The van der Waals surface area contributed by atoms with E-state index in [9.17, 15) is 0 Å². The highest BCUT2D eigenvalue weighted by Crippen LogP contribution is 2.40. The largest absolute Gasteiger partial charge is 0.330 e. The Balaban J connectivity index is 2.27. The highest BCUT2D eigenvalue weighted by atomic mass is 14.5. The molecule has 0 saturated heterocycles. The first-order chi connectivity index (χ1) is 9.66. The minimum Gasteiger partial charge on any atom is -0.330 e. The molecule has 0 bridgehead atoms. The number of hydrogen-bond acceptors (Lipinski definition) is 1. The van der Waals surface area contributed by atoms with Crippen molar-refractivity contribution in [3.05, 3.63) is 59.7 Å². The van der Waals surface area contributed by atoms with Gasteiger partial charge in [-0.05, 0) is 51.3 Å². The molecule has 1 aromatic carbocycles. The minimum absolute atomic E-state index is 0.0836. The summed E-state index contributed by atoms with van der Waals surface area (Å²) in [6, 6.07) is 10.2. The molecule has 1 heteroatoms. The molecule has 0 heterocycles. The third kappa shape index (κ3) is 3.21. The van der Waals surface area contributed by atoms with Gasteiger partial charge in [0.1, 0.15) is 0 Å². The zero-order chi connectivity index (χ0) is 14.4. The molecule has 1 aliphatic carbocycles. The summed E-state index contributed by atoms with van der Waals surface area (Å²) in [6.07, 6.45) is 8.76. The molecule has 1 aliphatic rings. The van der Waals surface area contributed by atoms with Gasteiger partial charge in [0.25, 0.3) is 0 Å². The van der Waals surface area contributed by atoms with Gasteiger partial charge in [-0.15, -0.1) is 0 Å². The van der Waals surface area contributed by atoms with Crippen molar-refractivity contribution in [2.24, 2.45) is 17.1 Å². The van der Waals surface area contributed by atoms with Gasteiger partial charge in [0.05, 0.1) is 5.41 Å². The molecule has 2 atom stereocenters. The van der Waals surface area contributed by atoms with Crippen molar-refractivity contribution in [1.82, 2.24) is 0 Å². The van der Waals surface area contributed by atoms with E-state index >= 15 is 0 Å². The molecule has 0 aromatic heterocycles. The maximum absolute atomic E-state index is 5.66. The van der Waals surface area contributed by atoms with Crippen LogP contribution in [0, 0.1) is 23.2 Å². The summed E-state index contributed by atoms with van der Waals surface area (Å²) in [6.45, 7) is 5.17. The number of nitrogens with two attached hydrogens (primary N) is 1. The van der Waals surface area contributed by atoms with E-state index in [1.54, 1.807) is 0 Å². The fourth-order valence-corrected chi connectivity index (χ4v) is 2.63. The van der Waals surface area contributed by atoms with Crippen molar-refractivity contribution in [2.75, 3.05) is 6.54 Å². The molecule has 1 nitrogen and oxygen atoms in total. The third-order valence-electron chi connectivity index (χ3n) is 4.21. The predicted octanol–water partition coefficient (Wildman–Crippen LogP) is 3.92. The van der Waals surface area contributed by atoms with E-state index in [0.717, 1.165) is 24.9 Å². The Bertz CT molecular complexity index is 556. The second kappa shape index (κ2) is 6.59. The molecular formula is C19H23N. The van der Waals surface area contributed by atoms with Crippen molar-refractivity contribution in [3.8, 4) is 11.8 Å². The van der Waals surface area contributed by atoms with Gasteiger partial charge >= 0.3 is 0 Å². The quantitative estimate of drug-likeness (QED) is 0.824. The van der Waals surface area contributed by atoms with Gasteiger partial charge in [-0.2, -0.15) is 0 Å². The van der Waals surface area contributed by atoms with E-state index in [2.05, 4.69) is 56.0 Å². The lowest BCUT2D eigenvalue weighted by atomic mass is 9.68. The standard InChI is InChI=1S/C19H23N/c1-16-8-6-11-18(12-7-15-20)19(16,2)14-13-17-9-4-3-5-10-17/h3-6,8-11,18H,7,12,15,20H2,1-2H3. The number of rotatable bonds is 3. The molecule has 0 saturated carbocycles. The molecule has 0 radical (unpaired) electrons. The topological polar surface area (TPSA) is 26.0 Å². The Kier molecular flexibility index (Phi) is 4.82. The molecule has 0 spiro atoms. The van der Waals surface area contributed by atoms with Crippen LogP contribution in [0.1, 0.15) is 32.3 Å². The maximum atomic E-state index is 5.66. The van der Waals surface area contributed by atoms with Gasteiger partial charge in [-0.25, -0.2) is 0 Å². The summed E-state index contributed by atoms with van der Waals surface area (Å²) in [5.41, 5.74) is 7.99. The summed E-state index contributed by atoms with van der Waals surface area (Å²) in [4.78, 5) is 0. The number of allylic oxidation sites excluding steroid dienone is 4. The van der Waals surface area contributed by atoms with Crippen molar-refractivity contribution in [3.63, 3.8) is 0 Å². The normalized spacial score (nSPS) is 24.8. The zero-order valence-electron chi connectivity index (χ0n) is 12.4. The zero-order valence-corrected chi connectivity index (χ0v) is 12.4. The molecule has 2 unspecified atom stereocenters. The van der Waals surface area contributed by atoms with Crippen LogP contribution in [-0.4, -0.2) is 6.54 Å². The van der Waals surface area contributed by atoms with E-state index in [0.29, 0.717) is 5.92 Å². The van der Waals surface area contributed by atoms with Crippen LogP contribution in [0.4, 0.5) is 0 Å². The second-order valence-corrected chi connectivity index (χ2v) is 5.59. The second-order valence-electron chi connectivity index (χ2n) is 5.59. The lowest BCUT2D eigenvalue weighted by molar-refractivity contribution is 0.353. The van der Waals surface area contributed by atoms with Gasteiger partial charge in [0.2, 0.25) is 0 Å². The van der Waals surface area contributed by atoms with Crippen molar-refractivity contribution in [1.29, 1.82) is 0 Å². The summed E-state index contributed by atoms with van der Waals surface area (Å²) in [5, 5.41) is 0. The van der Waals surface area contributed by atoms with E-state index in [-0.39, 0.29) is 5.41 Å². The summed E-state index contributed by atoms with van der Waals surface area (Å²) < 4.78 is 0. The lowest BCUT2D eigenvalue weighted by Gasteiger charge is -2.35. The smallest absolute Gasteiger partial charge is 0.0561 e. The van der Waals surface area contributed by atoms with E-state index in [1.165, 1.54) is 5.57 Å². The van der Waals surface area contributed by atoms with Crippen LogP contribution >= 0.6 is 0 Å². The fraction of sp³-hybridized carbons (Fsp3) is 0.368. The van der Waals surface area contributed by atoms with E-state index in [4.69, 9.17) is 5.73 Å². The molecule has 1 aromatic rings. The van der Waals surface area contributed by atoms with Crippen LogP contribution in [0.2, 0.25) is 0 Å². The predicted molar refractivity (Wildman–Crippen MR) is 86.1 cm³/mol. The molecular weight excluding hydrogens is 242 g/mol. The minimum atomic E-state index is -0.0836. The van der Waals surface area contributed by atoms with Crippen LogP contribution in [0.25, 0.3) is 0 Å². The van der Waals surface area contributed by atoms with Crippen LogP contribution in [0.3, 0.4) is 0 Å². The molecule has 0 amide bonds. The number of benzene rings is 1. The average Bonchev–Trinajstić information content (AvgIpc) is 2.48. The van der Waals surface area contributed by atoms with Crippen LogP contribution in [0.5, 0.6) is 0 Å². The van der Waals surface area contributed by atoms with Crippen LogP contribution < -0.4 is 5.73 Å². The Morgan fingerprint density at radius 2 is 2.00 bits per heavy atom.